The van der Waals surface area contributed by atoms with Gasteiger partial charge in [-0.15, -0.1) is 0 Å². The number of imidazole rings is 1. The molecule has 9 nitrogen and oxygen atoms in total. The molecule has 0 radical (unpaired) electrons. The van der Waals surface area contributed by atoms with Crippen LogP contribution in [0.25, 0.3) is 11.1 Å². The van der Waals surface area contributed by atoms with Gasteiger partial charge in [0, 0.05) is 30.7 Å². The molecule has 0 bridgehead atoms. The first-order valence-corrected chi connectivity index (χ1v) is 11.4. The number of ether oxygens (including phenoxy) is 1. The maximum absolute atomic E-state index is 12.4. The van der Waals surface area contributed by atoms with Crippen molar-refractivity contribution < 1.29 is 24.2 Å². The molecule has 2 amide bonds. The standard InChI is InChI=1S/C26H28N4O5/c1-26(2,13-23(31)32)29-24(33)22-14-30(16-28-22)12-11-27-25(34)35-15-21-19-9-5-3-7-17(19)18-8-4-6-10-20(18)21/h3-10,14,16,21H,11-13,15H2,1-2H3,(H,27,34)(H,29,33)(H,31,32). The minimum Gasteiger partial charge on any atom is -0.481 e. The van der Waals surface area contributed by atoms with E-state index in [0.29, 0.717) is 13.1 Å². The molecule has 4 rings (SSSR count). The third-order valence-electron chi connectivity index (χ3n) is 5.89. The van der Waals surface area contributed by atoms with Crippen LogP contribution in [0.15, 0.2) is 61.1 Å². The predicted molar refractivity (Wildman–Crippen MR) is 129 cm³/mol. The minimum atomic E-state index is -1.000. The molecule has 1 aromatic heterocycles. The number of hydrogen-bond donors (Lipinski definition) is 3. The predicted octanol–water partition coefficient (Wildman–Crippen LogP) is 3.40. The number of carboxylic acids is 1. The summed E-state index contributed by atoms with van der Waals surface area (Å²) in [5.74, 6) is -1.46. The molecular weight excluding hydrogens is 448 g/mol. The highest BCUT2D eigenvalue weighted by molar-refractivity contribution is 5.92. The Morgan fingerprint density at radius 1 is 1.06 bits per heavy atom. The number of amides is 2. The zero-order valence-electron chi connectivity index (χ0n) is 19.7. The van der Waals surface area contributed by atoms with Crippen LogP contribution < -0.4 is 10.6 Å². The Bertz CT molecular complexity index is 1200. The van der Waals surface area contributed by atoms with Crippen molar-refractivity contribution in [3.8, 4) is 11.1 Å². The van der Waals surface area contributed by atoms with E-state index in [2.05, 4.69) is 39.9 Å². The molecule has 1 aliphatic carbocycles. The molecule has 1 heterocycles. The van der Waals surface area contributed by atoms with E-state index in [1.165, 1.54) is 17.5 Å². The lowest BCUT2D eigenvalue weighted by Gasteiger charge is -2.23. The van der Waals surface area contributed by atoms with Crippen molar-refractivity contribution >= 4 is 18.0 Å². The molecule has 3 aromatic rings. The van der Waals surface area contributed by atoms with E-state index < -0.39 is 23.5 Å². The molecule has 3 N–H and O–H groups in total. The smallest absolute Gasteiger partial charge is 0.407 e. The van der Waals surface area contributed by atoms with Crippen molar-refractivity contribution in [3.05, 3.63) is 77.9 Å². The summed E-state index contributed by atoms with van der Waals surface area (Å²) >= 11 is 0. The quantitative estimate of drug-likeness (QED) is 0.435. The number of nitrogens with one attached hydrogen (secondary N) is 2. The van der Waals surface area contributed by atoms with E-state index in [1.54, 1.807) is 24.6 Å². The number of hydrogen-bond acceptors (Lipinski definition) is 5. The Kier molecular flexibility index (Phi) is 6.86. The lowest BCUT2D eigenvalue weighted by atomic mass is 9.98. The molecule has 9 heteroatoms. The number of carbonyl (C=O) groups is 3. The summed E-state index contributed by atoms with van der Waals surface area (Å²) in [7, 11) is 0. The van der Waals surface area contributed by atoms with Crippen LogP contribution in [0.4, 0.5) is 4.79 Å². The van der Waals surface area contributed by atoms with Gasteiger partial charge in [0.2, 0.25) is 0 Å². The van der Waals surface area contributed by atoms with Gasteiger partial charge in [-0.25, -0.2) is 9.78 Å². The van der Waals surface area contributed by atoms with E-state index in [-0.39, 0.29) is 24.6 Å². The molecule has 0 saturated heterocycles. The third-order valence-corrected chi connectivity index (χ3v) is 5.89. The zero-order valence-corrected chi connectivity index (χ0v) is 19.7. The van der Waals surface area contributed by atoms with Gasteiger partial charge in [-0.05, 0) is 36.1 Å². The first-order chi connectivity index (χ1) is 16.7. The summed E-state index contributed by atoms with van der Waals surface area (Å²) in [5.41, 5.74) is 3.91. The summed E-state index contributed by atoms with van der Waals surface area (Å²) in [4.78, 5) is 39.6. The Hall–Kier alpha value is -4.14. The number of aromatic nitrogens is 2. The number of fused-ring (bicyclic) bond motifs is 3. The van der Waals surface area contributed by atoms with Gasteiger partial charge in [-0.2, -0.15) is 0 Å². The molecule has 0 fully saturated rings. The second-order valence-electron chi connectivity index (χ2n) is 9.16. The number of carbonyl (C=O) groups excluding carboxylic acids is 2. The zero-order chi connectivity index (χ0) is 25.0. The second-order valence-corrected chi connectivity index (χ2v) is 9.16. The highest BCUT2D eigenvalue weighted by Gasteiger charge is 2.29. The SMILES string of the molecule is CC(C)(CC(=O)O)NC(=O)c1cn(CCNC(=O)OCC2c3ccccc3-c3ccccc32)cn1. The van der Waals surface area contributed by atoms with Crippen LogP contribution in [0.5, 0.6) is 0 Å². The molecule has 0 aliphatic heterocycles. The van der Waals surface area contributed by atoms with Gasteiger partial charge in [0.05, 0.1) is 12.7 Å². The minimum absolute atomic E-state index is 0.00625. The molecule has 2 aromatic carbocycles. The maximum Gasteiger partial charge on any atom is 0.407 e. The van der Waals surface area contributed by atoms with Crippen LogP contribution in [0, 0.1) is 0 Å². The summed E-state index contributed by atoms with van der Waals surface area (Å²) in [6, 6.07) is 16.3. The van der Waals surface area contributed by atoms with Gasteiger partial charge in [0.1, 0.15) is 12.3 Å². The van der Waals surface area contributed by atoms with Crippen molar-refractivity contribution in [1.82, 2.24) is 20.2 Å². The lowest BCUT2D eigenvalue weighted by Crippen LogP contribution is -2.45. The Labute approximate surface area is 203 Å². The van der Waals surface area contributed by atoms with E-state index >= 15 is 0 Å². The number of aliphatic carboxylic acids is 1. The van der Waals surface area contributed by atoms with Crippen molar-refractivity contribution in [2.45, 2.75) is 38.3 Å². The normalized spacial score (nSPS) is 12.5. The highest BCUT2D eigenvalue weighted by Crippen LogP contribution is 2.44. The molecule has 0 unspecified atom stereocenters. The van der Waals surface area contributed by atoms with E-state index in [0.717, 1.165) is 11.1 Å². The Morgan fingerprint density at radius 3 is 2.31 bits per heavy atom. The van der Waals surface area contributed by atoms with Crippen molar-refractivity contribution in [3.63, 3.8) is 0 Å². The maximum atomic E-state index is 12.4. The van der Waals surface area contributed by atoms with Gasteiger partial charge in [-0.1, -0.05) is 48.5 Å². The van der Waals surface area contributed by atoms with Gasteiger partial charge in [0.15, 0.2) is 0 Å². The van der Waals surface area contributed by atoms with E-state index in [9.17, 15) is 14.4 Å². The summed E-state index contributed by atoms with van der Waals surface area (Å²) in [6.45, 7) is 4.19. The van der Waals surface area contributed by atoms with Crippen molar-refractivity contribution in [1.29, 1.82) is 0 Å². The van der Waals surface area contributed by atoms with Crippen molar-refractivity contribution in [2.75, 3.05) is 13.2 Å². The molecule has 1 aliphatic rings. The highest BCUT2D eigenvalue weighted by atomic mass is 16.5. The fourth-order valence-corrected chi connectivity index (χ4v) is 4.33. The van der Waals surface area contributed by atoms with Crippen LogP contribution in [-0.2, 0) is 16.1 Å². The molecule has 35 heavy (non-hydrogen) atoms. The lowest BCUT2D eigenvalue weighted by molar-refractivity contribution is -0.138. The third kappa shape index (κ3) is 5.68. The van der Waals surface area contributed by atoms with E-state index in [4.69, 9.17) is 9.84 Å². The number of alkyl carbamates (subject to hydrolysis) is 1. The summed E-state index contributed by atoms with van der Waals surface area (Å²) in [5, 5.41) is 14.3. The molecule has 0 atom stereocenters. The Morgan fingerprint density at radius 2 is 1.69 bits per heavy atom. The first-order valence-electron chi connectivity index (χ1n) is 11.4. The fourth-order valence-electron chi connectivity index (χ4n) is 4.33. The average Bonchev–Trinajstić information content (AvgIpc) is 3.40. The van der Waals surface area contributed by atoms with Crippen LogP contribution in [0.2, 0.25) is 0 Å². The van der Waals surface area contributed by atoms with E-state index in [1.807, 2.05) is 24.3 Å². The number of rotatable bonds is 9. The van der Waals surface area contributed by atoms with Crippen LogP contribution >= 0.6 is 0 Å². The van der Waals surface area contributed by atoms with Gasteiger partial charge in [0.25, 0.3) is 5.91 Å². The van der Waals surface area contributed by atoms with Crippen LogP contribution in [0.1, 0.15) is 47.8 Å². The molecule has 0 saturated carbocycles. The monoisotopic (exact) mass is 476 g/mol. The molecule has 0 spiro atoms. The molecule has 182 valence electrons. The van der Waals surface area contributed by atoms with Gasteiger partial charge < -0.3 is 25.0 Å². The van der Waals surface area contributed by atoms with Crippen molar-refractivity contribution in [2.24, 2.45) is 0 Å². The molecular formula is C26H28N4O5. The second kappa shape index (κ2) is 10.0. The first kappa shape index (κ1) is 24.0. The largest absolute Gasteiger partial charge is 0.481 e. The Balaban J connectivity index is 1.25. The topological polar surface area (TPSA) is 123 Å². The number of benzene rings is 2. The number of nitrogens with zero attached hydrogens (tertiary/aromatic N) is 2. The fraction of sp³-hybridized carbons (Fsp3) is 0.308. The summed E-state index contributed by atoms with van der Waals surface area (Å²) in [6.07, 6.45) is 2.31. The average molecular weight is 477 g/mol. The van der Waals surface area contributed by atoms with Crippen LogP contribution in [0.3, 0.4) is 0 Å². The van der Waals surface area contributed by atoms with Crippen LogP contribution in [-0.4, -0.2) is 51.3 Å². The number of carboxylic acid groups (broad SMARTS) is 1. The van der Waals surface area contributed by atoms with Gasteiger partial charge >= 0.3 is 12.1 Å². The van der Waals surface area contributed by atoms with Gasteiger partial charge in [-0.3, -0.25) is 9.59 Å². The summed E-state index contributed by atoms with van der Waals surface area (Å²) < 4.78 is 7.19.